The van der Waals surface area contributed by atoms with Crippen molar-refractivity contribution in [1.29, 1.82) is 5.26 Å². The van der Waals surface area contributed by atoms with E-state index in [0.717, 1.165) is 17.1 Å². The molecule has 0 bridgehead atoms. The summed E-state index contributed by atoms with van der Waals surface area (Å²) in [6, 6.07) is 9.38. The number of nitrogens with one attached hydrogen (secondary N) is 1. The second kappa shape index (κ2) is 4.41. The van der Waals surface area contributed by atoms with Gasteiger partial charge in [0.05, 0.1) is 11.6 Å². The van der Waals surface area contributed by atoms with Gasteiger partial charge in [0.25, 0.3) is 0 Å². The summed E-state index contributed by atoms with van der Waals surface area (Å²) in [5.74, 6) is 0.739. The minimum absolute atomic E-state index is 0.658. The molecule has 78 valence electrons. The van der Waals surface area contributed by atoms with E-state index in [1.165, 1.54) is 6.33 Å². The summed E-state index contributed by atoms with van der Waals surface area (Å²) in [6.45, 7) is 1.95. The van der Waals surface area contributed by atoms with Crippen molar-refractivity contribution in [2.75, 3.05) is 5.32 Å². The summed E-state index contributed by atoms with van der Waals surface area (Å²) in [4.78, 5) is 7.91. The first kappa shape index (κ1) is 10.1. The van der Waals surface area contributed by atoms with Gasteiger partial charge in [-0.25, -0.2) is 9.97 Å². The van der Waals surface area contributed by atoms with E-state index in [1.807, 2.05) is 19.1 Å². The van der Waals surface area contributed by atoms with Crippen LogP contribution in [-0.2, 0) is 0 Å². The lowest BCUT2D eigenvalue weighted by Crippen LogP contribution is -1.95. The van der Waals surface area contributed by atoms with E-state index in [2.05, 4.69) is 21.4 Å². The first-order chi connectivity index (χ1) is 7.79. The van der Waals surface area contributed by atoms with E-state index in [9.17, 15) is 0 Å². The summed E-state index contributed by atoms with van der Waals surface area (Å²) in [6.07, 6.45) is 3.16. The molecule has 0 aliphatic heterocycles. The monoisotopic (exact) mass is 210 g/mol. The molecule has 4 nitrogen and oxygen atoms in total. The van der Waals surface area contributed by atoms with Gasteiger partial charge in [0.1, 0.15) is 12.1 Å². The second-order valence-electron chi connectivity index (χ2n) is 3.36. The van der Waals surface area contributed by atoms with Crippen molar-refractivity contribution in [3.63, 3.8) is 0 Å². The van der Waals surface area contributed by atoms with Crippen LogP contribution in [0.5, 0.6) is 0 Å². The SMILES string of the molecule is Cc1cc(C#N)ccc1Nc1ccncn1. The quantitative estimate of drug-likeness (QED) is 0.826. The van der Waals surface area contributed by atoms with Gasteiger partial charge in [-0.2, -0.15) is 5.26 Å². The Labute approximate surface area is 93.6 Å². The maximum atomic E-state index is 8.75. The number of hydrogen-bond donors (Lipinski definition) is 1. The zero-order valence-electron chi connectivity index (χ0n) is 8.81. The molecule has 0 saturated carbocycles. The van der Waals surface area contributed by atoms with Crippen LogP contribution in [0.4, 0.5) is 11.5 Å². The molecule has 0 radical (unpaired) electrons. The third kappa shape index (κ3) is 2.15. The summed E-state index contributed by atoms with van der Waals surface area (Å²) < 4.78 is 0. The highest BCUT2D eigenvalue weighted by Gasteiger charge is 2.00. The summed E-state index contributed by atoms with van der Waals surface area (Å²) >= 11 is 0. The highest BCUT2D eigenvalue weighted by Crippen LogP contribution is 2.19. The van der Waals surface area contributed by atoms with Gasteiger partial charge in [-0.05, 0) is 36.8 Å². The topological polar surface area (TPSA) is 61.6 Å². The van der Waals surface area contributed by atoms with Gasteiger partial charge in [0.2, 0.25) is 0 Å². The molecule has 0 spiro atoms. The lowest BCUT2D eigenvalue weighted by molar-refractivity contribution is 1.16. The van der Waals surface area contributed by atoms with E-state index < -0.39 is 0 Å². The van der Waals surface area contributed by atoms with E-state index in [-0.39, 0.29) is 0 Å². The predicted molar refractivity (Wildman–Crippen MR) is 61.2 cm³/mol. The molecule has 0 aliphatic carbocycles. The maximum Gasteiger partial charge on any atom is 0.133 e. The van der Waals surface area contributed by atoms with Crippen LogP contribution >= 0.6 is 0 Å². The standard InChI is InChI=1S/C12H10N4/c1-9-6-10(7-13)2-3-11(9)16-12-4-5-14-8-15-12/h2-6,8H,1H3,(H,14,15,16). The molecular weight excluding hydrogens is 200 g/mol. The van der Waals surface area contributed by atoms with Crippen molar-refractivity contribution in [3.8, 4) is 6.07 Å². The maximum absolute atomic E-state index is 8.75. The van der Waals surface area contributed by atoms with Gasteiger partial charge < -0.3 is 5.32 Å². The fraction of sp³-hybridized carbons (Fsp3) is 0.0833. The van der Waals surface area contributed by atoms with E-state index in [1.54, 1.807) is 18.3 Å². The smallest absolute Gasteiger partial charge is 0.133 e. The molecule has 0 unspecified atom stereocenters. The summed E-state index contributed by atoms with van der Waals surface area (Å²) in [5, 5.41) is 11.9. The van der Waals surface area contributed by atoms with Crippen molar-refractivity contribution in [1.82, 2.24) is 9.97 Å². The minimum atomic E-state index is 0.658. The van der Waals surface area contributed by atoms with Gasteiger partial charge in [-0.1, -0.05) is 0 Å². The number of anilines is 2. The molecule has 0 fully saturated rings. The average Bonchev–Trinajstić information content (AvgIpc) is 2.33. The van der Waals surface area contributed by atoms with Gasteiger partial charge in [-0.3, -0.25) is 0 Å². The normalized spacial score (nSPS) is 9.50. The lowest BCUT2D eigenvalue weighted by Gasteiger charge is -2.08. The van der Waals surface area contributed by atoms with Crippen LogP contribution in [0, 0.1) is 18.3 Å². The van der Waals surface area contributed by atoms with Gasteiger partial charge in [0.15, 0.2) is 0 Å². The van der Waals surface area contributed by atoms with Crippen LogP contribution in [0.15, 0.2) is 36.8 Å². The zero-order chi connectivity index (χ0) is 11.4. The largest absolute Gasteiger partial charge is 0.340 e. The van der Waals surface area contributed by atoms with Crippen LogP contribution in [0.1, 0.15) is 11.1 Å². The number of nitrogens with zero attached hydrogens (tertiary/aromatic N) is 3. The van der Waals surface area contributed by atoms with Crippen LogP contribution in [0.3, 0.4) is 0 Å². The van der Waals surface area contributed by atoms with Gasteiger partial charge in [0, 0.05) is 11.9 Å². The molecule has 0 saturated heterocycles. The first-order valence-electron chi connectivity index (χ1n) is 4.83. The molecule has 4 heteroatoms. The number of hydrogen-bond acceptors (Lipinski definition) is 4. The number of benzene rings is 1. The number of aryl methyl sites for hydroxylation is 1. The highest BCUT2D eigenvalue weighted by atomic mass is 15.0. The molecule has 1 heterocycles. The molecular formula is C12H10N4. The van der Waals surface area contributed by atoms with Crippen molar-refractivity contribution >= 4 is 11.5 Å². The number of nitriles is 1. The molecule has 2 aromatic rings. The Morgan fingerprint density at radius 1 is 1.31 bits per heavy atom. The Kier molecular flexibility index (Phi) is 2.79. The Morgan fingerprint density at radius 2 is 2.19 bits per heavy atom. The third-order valence-corrected chi connectivity index (χ3v) is 2.20. The predicted octanol–water partition coefficient (Wildman–Crippen LogP) is 2.40. The molecule has 0 aliphatic rings. The fourth-order valence-electron chi connectivity index (χ4n) is 1.38. The van der Waals surface area contributed by atoms with Crippen LogP contribution in [-0.4, -0.2) is 9.97 Å². The Bertz CT molecular complexity index is 528. The summed E-state index contributed by atoms with van der Waals surface area (Å²) in [5.41, 5.74) is 2.61. The molecule has 0 atom stereocenters. The molecule has 1 aromatic heterocycles. The lowest BCUT2D eigenvalue weighted by atomic mass is 10.1. The van der Waals surface area contributed by atoms with Crippen molar-refractivity contribution in [3.05, 3.63) is 47.9 Å². The van der Waals surface area contributed by atoms with Crippen molar-refractivity contribution in [2.24, 2.45) is 0 Å². The second-order valence-corrected chi connectivity index (χ2v) is 3.36. The van der Waals surface area contributed by atoms with Crippen molar-refractivity contribution < 1.29 is 0 Å². The highest BCUT2D eigenvalue weighted by molar-refractivity contribution is 5.61. The Hall–Kier alpha value is -2.41. The number of aromatic nitrogens is 2. The third-order valence-electron chi connectivity index (χ3n) is 2.20. The van der Waals surface area contributed by atoms with Crippen LogP contribution < -0.4 is 5.32 Å². The molecule has 16 heavy (non-hydrogen) atoms. The van der Waals surface area contributed by atoms with Crippen molar-refractivity contribution in [2.45, 2.75) is 6.92 Å². The molecule has 1 N–H and O–H groups in total. The van der Waals surface area contributed by atoms with E-state index >= 15 is 0 Å². The van der Waals surface area contributed by atoms with E-state index in [4.69, 9.17) is 5.26 Å². The fourth-order valence-corrected chi connectivity index (χ4v) is 1.38. The molecule has 0 amide bonds. The van der Waals surface area contributed by atoms with Gasteiger partial charge in [-0.15, -0.1) is 0 Å². The molecule has 2 rings (SSSR count). The zero-order valence-corrected chi connectivity index (χ0v) is 8.81. The number of rotatable bonds is 2. The van der Waals surface area contributed by atoms with Gasteiger partial charge >= 0.3 is 0 Å². The van der Waals surface area contributed by atoms with Crippen LogP contribution in [0.25, 0.3) is 0 Å². The average molecular weight is 210 g/mol. The first-order valence-corrected chi connectivity index (χ1v) is 4.83. The van der Waals surface area contributed by atoms with Crippen LogP contribution in [0.2, 0.25) is 0 Å². The Balaban J connectivity index is 2.27. The van der Waals surface area contributed by atoms with E-state index in [0.29, 0.717) is 5.56 Å². The Morgan fingerprint density at radius 3 is 2.81 bits per heavy atom. The minimum Gasteiger partial charge on any atom is -0.340 e. The summed E-state index contributed by atoms with van der Waals surface area (Å²) in [7, 11) is 0. The molecule has 1 aromatic carbocycles.